The number of nitrogens with two attached hydrogens (primary N) is 1. The first-order valence-corrected chi connectivity index (χ1v) is 11.9. The Bertz CT molecular complexity index is 1430. The Hall–Kier alpha value is -3.62. The SMILES string of the molecule is Nc1nc(CN2CCN(c3nc(-c4cccs4)nc4ccccc34)CC2)nc2ccccc12. The molecule has 0 saturated carbocycles. The van der Waals surface area contributed by atoms with Gasteiger partial charge in [-0.25, -0.2) is 19.9 Å². The molecule has 0 amide bonds. The minimum Gasteiger partial charge on any atom is -0.383 e. The quantitative estimate of drug-likeness (QED) is 0.436. The second-order valence-corrected chi connectivity index (χ2v) is 9.12. The summed E-state index contributed by atoms with van der Waals surface area (Å²) in [6, 6.07) is 20.3. The van der Waals surface area contributed by atoms with E-state index in [1.54, 1.807) is 11.3 Å². The number of thiophene rings is 1. The van der Waals surface area contributed by atoms with Gasteiger partial charge in [0.25, 0.3) is 0 Å². The molecule has 7 nitrogen and oxygen atoms in total. The van der Waals surface area contributed by atoms with E-state index in [1.165, 1.54) is 0 Å². The second-order valence-electron chi connectivity index (χ2n) is 8.17. The third-order valence-electron chi connectivity index (χ3n) is 6.04. The fourth-order valence-electron chi connectivity index (χ4n) is 4.36. The van der Waals surface area contributed by atoms with E-state index < -0.39 is 0 Å². The molecular weight excluding hydrogens is 430 g/mol. The zero-order valence-corrected chi connectivity index (χ0v) is 18.9. The molecule has 0 spiro atoms. The summed E-state index contributed by atoms with van der Waals surface area (Å²) in [5, 5.41) is 4.06. The van der Waals surface area contributed by atoms with Crippen molar-refractivity contribution < 1.29 is 0 Å². The monoisotopic (exact) mass is 453 g/mol. The molecule has 2 N–H and O–H groups in total. The molecule has 8 heteroatoms. The van der Waals surface area contributed by atoms with Crippen molar-refractivity contribution in [3.63, 3.8) is 0 Å². The van der Waals surface area contributed by atoms with Crippen LogP contribution in [-0.2, 0) is 6.54 Å². The van der Waals surface area contributed by atoms with Crippen molar-refractivity contribution in [2.75, 3.05) is 36.8 Å². The molecule has 5 aromatic rings. The summed E-state index contributed by atoms with van der Waals surface area (Å²) in [6.45, 7) is 4.27. The van der Waals surface area contributed by atoms with Gasteiger partial charge in [0.2, 0.25) is 0 Å². The third kappa shape index (κ3) is 3.88. The van der Waals surface area contributed by atoms with Gasteiger partial charge in [-0.1, -0.05) is 30.3 Å². The Morgan fingerprint density at radius 3 is 2.24 bits per heavy atom. The van der Waals surface area contributed by atoms with Crippen LogP contribution >= 0.6 is 11.3 Å². The first kappa shape index (κ1) is 20.0. The van der Waals surface area contributed by atoms with Crippen molar-refractivity contribution >= 4 is 44.8 Å². The lowest BCUT2D eigenvalue weighted by molar-refractivity contribution is 0.244. The molecule has 164 valence electrons. The lowest BCUT2D eigenvalue weighted by atomic mass is 10.2. The molecule has 0 radical (unpaired) electrons. The predicted molar refractivity (Wildman–Crippen MR) is 134 cm³/mol. The number of fused-ring (bicyclic) bond motifs is 2. The molecule has 1 fully saturated rings. The average Bonchev–Trinajstić information content (AvgIpc) is 3.39. The normalized spacial score (nSPS) is 14.8. The number of benzene rings is 2. The Kier molecular flexibility index (Phi) is 5.09. The van der Waals surface area contributed by atoms with Gasteiger partial charge in [0.05, 0.1) is 22.5 Å². The zero-order valence-electron chi connectivity index (χ0n) is 18.1. The van der Waals surface area contributed by atoms with Crippen molar-refractivity contribution in [3.05, 3.63) is 71.9 Å². The van der Waals surface area contributed by atoms with Gasteiger partial charge < -0.3 is 10.6 Å². The number of nitrogens with zero attached hydrogens (tertiary/aromatic N) is 6. The highest BCUT2D eigenvalue weighted by molar-refractivity contribution is 7.13. The Labute approximate surface area is 195 Å². The molecule has 1 aliphatic heterocycles. The van der Waals surface area contributed by atoms with Crippen LogP contribution in [0.1, 0.15) is 5.82 Å². The van der Waals surface area contributed by atoms with E-state index in [1.807, 2.05) is 36.4 Å². The van der Waals surface area contributed by atoms with Crippen molar-refractivity contribution in [2.45, 2.75) is 6.54 Å². The highest BCUT2D eigenvalue weighted by Crippen LogP contribution is 2.30. The molecule has 3 aromatic heterocycles. The molecule has 4 heterocycles. The van der Waals surface area contributed by atoms with Gasteiger partial charge in [-0.3, -0.25) is 4.90 Å². The lowest BCUT2D eigenvalue weighted by Crippen LogP contribution is -2.46. The molecule has 6 rings (SSSR count). The molecule has 1 aliphatic rings. The van der Waals surface area contributed by atoms with Gasteiger partial charge in [0.15, 0.2) is 5.82 Å². The number of aromatic nitrogens is 4. The van der Waals surface area contributed by atoms with Crippen LogP contribution in [0, 0.1) is 0 Å². The van der Waals surface area contributed by atoms with Crippen LogP contribution in [0.3, 0.4) is 0 Å². The summed E-state index contributed by atoms with van der Waals surface area (Å²) in [7, 11) is 0. The van der Waals surface area contributed by atoms with Crippen LogP contribution in [0.15, 0.2) is 66.0 Å². The van der Waals surface area contributed by atoms with Crippen molar-refractivity contribution in [2.24, 2.45) is 0 Å². The maximum atomic E-state index is 6.18. The number of hydrogen-bond acceptors (Lipinski definition) is 8. The van der Waals surface area contributed by atoms with Gasteiger partial charge in [0.1, 0.15) is 17.5 Å². The number of rotatable bonds is 4. The Morgan fingerprint density at radius 1 is 0.758 bits per heavy atom. The van der Waals surface area contributed by atoms with E-state index in [0.29, 0.717) is 12.4 Å². The van der Waals surface area contributed by atoms with Crippen molar-refractivity contribution in [1.29, 1.82) is 0 Å². The third-order valence-corrected chi connectivity index (χ3v) is 6.91. The topological polar surface area (TPSA) is 84.1 Å². The smallest absolute Gasteiger partial charge is 0.172 e. The number of para-hydroxylation sites is 2. The van der Waals surface area contributed by atoms with Crippen LogP contribution < -0.4 is 10.6 Å². The molecule has 0 unspecified atom stereocenters. The van der Waals surface area contributed by atoms with Crippen molar-refractivity contribution in [3.8, 4) is 10.7 Å². The summed E-state index contributed by atoms with van der Waals surface area (Å²) in [5.74, 6) is 3.12. The summed E-state index contributed by atoms with van der Waals surface area (Å²) in [4.78, 5) is 24.9. The average molecular weight is 454 g/mol. The Morgan fingerprint density at radius 2 is 1.48 bits per heavy atom. The van der Waals surface area contributed by atoms with Crippen molar-refractivity contribution in [1.82, 2.24) is 24.8 Å². The minimum atomic E-state index is 0.544. The largest absolute Gasteiger partial charge is 0.383 e. The summed E-state index contributed by atoms with van der Waals surface area (Å²) in [5.41, 5.74) is 8.05. The molecule has 33 heavy (non-hydrogen) atoms. The van der Waals surface area contributed by atoms with E-state index in [0.717, 1.165) is 70.3 Å². The first-order valence-electron chi connectivity index (χ1n) is 11.0. The summed E-state index contributed by atoms with van der Waals surface area (Å²) in [6.07, 6.45) is 0. The molecule has 0 aliphatic carbocycles. The highest BCUT2D eigenvalue weighted by atomic mass is 32.1. The first-order chi connectivity index (χ1) is 16.2. The van der Waals surface area contributed by atoms with E-state index in [2.05, 4.69) is 44.4 Å². The van der Waals surface area contributed by atoms with Gasteiger partial charge in [-0.2, -0.15) is 0 Å². The lowest BCUT2D eigenvalue weighted by Gasteiger charge is -2.35. The number of hydrogen-bond donors (Lipinski definition) is 1. The number of anilines is 2. The van der Waals surface area contributed by atoms with E-state index in [-0.39, 0.29) is 0 Å². The van der Waals surface area contributed by atoms with E-state index in [4.69, 9.17) is 20.7 Å². The van der Waals surface area contributed by atoms with Gasteiger partial charge in [0, 0.05) is 37.0 Å². The fraction of sp³-hybridized carbons (Fsp3) is 0.200. The maximum Gasteiger partial charge on any atom is 0.172 e. The second kappa shape index (κ2) is 8.38. The molecule has 0 bridgehead atoms. The molecular formula is C25H23N7S. The molecule has 2 aromatic carbocycles. The number of piperazine rings is 1. The van der Waals surface area contributed by atoms with Gasteiger partial charge >= 0.3 is 0 Å². The van der Waals surface area contributed by atoms with Crippen LogP contribution in [-0.4, -0.2) is 51.0 Å². The Balaban J connectivity index is 1.23. The summed E-state index contributed by atoms with van der Waals surface area (Å²) < 4.78 is 0. The van der Waals surface area contributed by atoms with Crippen LogP contribution in [0.2, 0.25) is 0 Å². The predicted octanol–water partition coefficient (Wildman–Crippen LogP) is 4.21. The fourth-order valence-corrected chi connectivity index (χ4v) is 5.01. The summed E-state index contributed by atoms with van der Waals surface area (Å²) >= 11 is 1.67. The molecule has 0 atom stereocenters. The zero-order chi connectivity index (χ0) is 22.2. The number of nitrogen functional groups attached to an aromatic ring is 1. The highest BCUT2D eigenvalue weighted by Gasteiger charge is 2.22. The van der Waals surface area contributed by atoms with Crippen LogP contribution in [0.4, 0.5) is 11.6 Å². The maximum absolute atomic E-state index is 6.18. The van der Waals surface area contributed by atoms with Crippen LogP contribution in [0.5, 0.6) is 0 Å². The van der Waals surface area contributed by atoms with Gasteiger partial charge in [-0.05, 0) is 35.7 Å². The molecule has 1 saturated heterocycles. The van der Waals surface area contributed by atoms with Gasteiger partial charge in [-0.15, -0.1) is 11.3 Å². The standard InChI is InChI=1S/C25H23N7S/c26-23-17-6-1-3-8-19(17)27-22(29-23)16-31-11-13-32(14-12-31)25-18-7-2-4-9-20(18)28-24(30-25)21-10-5-15-33-21/h1-10,15H,11-14,16H2,(H2,26,27,29). The minimum absolute atomic E-state index is 0.544. The van der Waals surface area contributed by atoms with Crippen LogP contribution in [0.25, 0.3) is 32.5 Å². The van der Waals surface area contributed by atoms with E-state index in [9.17, 15) is 0 Å². The van der Waals surface area contributed by atoms with E-state index >= 15 is 0 Å².